The highest BCUT2D eigenvalue weighted by Gasteiger charge is 2.16. The van der Waals surface area contributed by atoms with E-state index >= 15 is 0 Å². The summed E-state index contributed by atoms with van der Waals surface area (Å²) in [6, 6.07) is 5.16. The molecule has 102 valence electrons. The smallest absolute Gasteiger partial charge is 0.242 e. The van der Waals surface area contributed by atoms with Gasteiger partial charge in [-0.1, -0.05) is 13.8 Å². The minimum atomic E-state index is -3.49. The van der Waals surface area contributed by atoms with Gasteiger partial charge in [-0.15, -0.1) is 0 Å². The summed E-state index contributed by atoms with van der Waals surface area (Å²) in [4.78, 5) is 0.104. The van der Waals surface area contributed by atoms with Crippen molar-refractivity contribution < 1.29 is 8.42 Å². The SMILES string of the molecule is CNS(=O)(=O)c1ccc(NC(C)C(C)C)cc1N. The van der Waals surface area contributed by atoms with E-state index in [-0.39, 0.29) is 16.6 Å². The molecule has 0 amide bonds. The standard InChI is InChI=1S/C12H21N3O2S/c1-8(2)9(3)15-10-5-6-12(11(13)7-10)18(16,17)14-4/h5-9,14-15H,13H2,1-4H3. The van der Waals surface area contributed by atoms with Crippen LogP contribution in [0.2, 0.25) is 0 Å². The lowest BCUT2D eigenvalue weighted by atomic mass is 10.1. The van der Waals surface area contributed by atoms with Crippen LogP contribution in [0.4, 0.5) is 11.4 Å². The molecule has 4 N–H and O–H groups in total. The first-order valence-electron chi connectivity index (χ1n) is 5.87. The first kappa shape index (κ1) is 14.8. The predicted molar refractivity (Wildman–Crippen MR) is 75.0 cm³/mol. The number of anilines is 2. The Kier molecular flexibility index (Phi) is 4.59. The molecule has 5 nitrogen and oxygen atoms in total. The maximum atomic E-state index is 11.7. The number of nitrogen functional groups attached to an aromatic ring is 1. The zero-order valence-corrected chi connectivity index (χ0v) is 12.0. The summed E-state index contributed by atoms with van der Waals surface area (Å²) in [5.41, 5.74) is 6.84. The van der Waals surface area contributed by atoms with Crippen molar-refractivity contribution in [3.8, 4) is 0 Å². The van der Waals surface area contributed by atoms with Crippen molar-refractivity contribution in [3.63, 3.8) is 0 Å². The Morgan fingerprint density at radius 3 is 2.28 bits per heavy atom. The summed E-state index contributed by atoms with van der Waals surface area (Å²) in [6.45, 7) is 6.29. The van der Waals surface area contributed by atoms with E-state index in [9.17, 15) is 8.42 Å². The van der Waals surface area contributed by atoms with E-state index in [2.05, 4.69) is 30.8 Å². The minimum absolute atomic E-state index is 0.104. The molecule has 1 aromatic rings. The first-order chi connectivity index (χ1) is 8.27. The number of nitrogens with one attached hydrogen (secondary N) is 2. The van der Waals surface area contributed by atoms with Crippen molar-refractivity contribution >= 4 is 21.4 Å². The normalized spacial score (nSPS) is 13.6. The summed E-state index contributed by atoms with van der Waals surface area (Å²) >= 11 is 0. The first-order valence-corrected chi connectivity index (χ1v) is 7.36. The van der Waals surface area contributed by atoms with Crippen molar-refractivity contribution in [1.29, 1.82) is 0 Å². The van der Waals surface area contributed by atoms with Gasteiger partial charge in [0, 0.05) is 11.7 Å². The molecule has 0 bridgehead atoms. The molecule has 0 saturated carbocycles. The maximum Gasteiger partial charge on any atom is 0.242 e. The highest BCUT2D eigenvalue weighted by molar-refractivity contribution is 7.89. The van der Waals surface area contributed by atoms with E-state index in [1.54, 1.807) is 12.1 Å². The predicted octanol–water partition coefficient (Wildman–Crippen LogP) is 1.63. The van der Waals surface area contributed by atoms with Gasteiger partial charge in [-0.2, -0.15) is 0 Å². The van der Waals surface area contributed by atoms with E-state index in [4.69, 9.17) is 5.73 Å². The van der Waals surface area contributed by atoms with Gasteiger partial charge in [-0.05, 0) is 38.1 Å². The van der Waals surface area contributed by atoms with Gasteiger partial charge >= 0.3 is 0 Å². The Hall–Kier alpha value is -1.27. The van der Waals surface area contributed by atoms with Crippen LogP contribution in [-0.2, 0) is 10.0 Å². The van der Waals surface area contributed by atoms with E-state index in [0.717, 1.165) is 5.69 Å². The van der Waals surface area contributed by atoms with Crippen LogP contribution in [0.15, 0.2) is 23.1 Å². The molecule has 1 rings (SSSR count). The Morgan fingerprint density at radius 2 is 1.83 bits per heavy atom. The second-order valence-electron chi connectivity index (χ2n) is 4.64. The third kappa shape index (κ3) is 3.36. The molecule has 0 radical (unpaired) electrons. The van der Waals surface area contributed by atoms with Gasteiger partial charge in [-0.3, -0.25) is 0 Å². The zero-order valence-electron chi connectivity index (χ0n) is 11.2. The molecule has 0 aromatic heterocycles. The van der Waals surface area contributed by atoms with Crippen LogP contribution >= 0.6 is 0 Å². The lowest BCUT2D eigenvalue weighted by molar-refractivity contribution is 0.560. The van der Waals surface area contributed by atoms with Crippen LogP contribution in [0, 0.1) is 5.92 Å². The monoisotopic (exact) mass is 271 g/mol. The molecule has 0 heterocycles. The average molecular weight is 271 g/mol. The summed E-state index contributed by atoms with van der Waals surface area (Å²) < 4.78 is 25.6. The van der Waals surface area contributed by atoms with E-state index in [1.807, 2.05) is 0 Å². The fourth-order valence-corrected chi connectivity index (χ4v) is 2.26. The molecule has 1 aromatic carbocycles. The van der Waals surface area contributed by atoms with Gasteiger partial charge in [-0.25, -0.2) is 13.1 Å². The average Bonchev–Trinajstić information content (AvgIpc) is 2.28. The molecule has 1 unspecified atom stereocenters. The Morgan fingerprint density at radius 1 is 1.22 bits per heavy atom. The number of rotatable bonds is 5. The quantitative estimate of drug-likeness (QED) is 0.711. The van der Waals surface area contributed by atoms with Gasteiger partial charge < -0.3 is 11.1 Å². The Balaban J connectivity index is 3.00. The lowest BCUT2D eigenvalue weighted by Gasteiger charge is -2.19. The van der Waals surface area contributed by atoms with E-state index in [0.29, 0.717) is 5.92 Å². The van der Waals surface area contributed by atoms with Crippen LogP contribution < -0.4 is 15.8 Å². The van der Waals surface area contributed by atoms with Crippen molar-refractivity contribution in [3.05, 3.63) is 18.2 Å². The van der Waals surface area contributed by atoms with Crippen molar-refractivity contribution in [2.45, 2.75) is 31.7 Å². The Bertz CT molecular complexity index is 512. The summed E-state index contributed by atoms with van der Waals surface area (Å²) in [5, 5.41) is 3.28. The number of hydrogen-bond donors (Lipinski definition) is 3. The minimum Gasteiger partial charge on any atom is -0.398 e. The fraction of sp³-hybridized carbons (Fsp3) is 0.500. The molecule has 1 atom stereocenters. The van der Waals surface area contributed by atoms with E-state index in [1.165, 1.54) is 13.1 Å². The van der Waals surface area contributed by atoms with Gasteiger partial charge in [0.05, 0.1) is 5.69 Å². The maximum absolute atomic E-state index is 11.7. The molecule has 18 heavy (non-hydrogen) atoms. The van der Waals surface area contributed by atoms with Crippen LogP contribution in [0.5, 0.6) is 0 Å². The lowest BCUT2D eigenvalue weighted by Crippen LogP contribution is -2.22. The highest BCUT2D eigenvalue weighted by Crippen LogP contribution is 2.23. The summed E-state index contributed by atoms with van der Waals surface area (Å²) in [7, 11) is -2.13. The largest absolute Gasteiger partial charge is 0.398 e. The molecule has 0 fully saturated rings. The highest BCUT2D eigenvalue weighted by atomic mass is 32.2. The molecule has 0 aliphatic rings. The Labute approximate surface area is 109 Å². The number of hydrogen-bond acceptors (Lipinski definition) is 4. The molecule has 0 aliphatic heterocycles. The molecular weight excluding hydrogens is 250 g/mol. The van der Waals surface area contributed by atoms with E-state index < -0.39 is 10.0 Å². The summed E-state index contributed by atoms with van der Waals surface area (Å²) in [6.07, 6.45) is 0. The number of nitrogens with two attached hydrogens (primary N) is 1. The van der Waals surface area contributed by atoms with Gasteiger partial charge in [0.2, 0.25) is 10.0 Å². The molecule has 0 spiro atoms. The topological polar surface area (TPSA) is 84.2 Å². The van der Waals surface area contributed by atoms with Crippen molar-refractivity contribution in [2.75, 3.05) is 18.1 Å². The second kappa shape index (κ2) is 5.58. The van der Waals surface area contributed by atoms with Crippen molar-refractivity contribution in [2.24, 2.45) is 5.92 Å². The van der Waals surface area contributed by atoms with Crippen LogP contribution in [0.25, 0.3) is 0 Å². The third-order valence-electron chi connectivity index (χ3n) is 2.96. The molecule has 6 heteroatoms. The molecular formula is C12H21N3O2S. The van der Waals surface area contributed by atoms with Gasteiger partial charge in [0.25, 0.3) is 0 Å². The van der Waals surface area contributed by atoms with Crippen LogP contribution in [0.3, 0.4) is 0 Å². The number of benzene rings is 1. The molecule has 0 saturated heterocycles. The third-order valence-corrected chi connectivity index (χ3v) is 4.45. The van der Waals surface area contributed by atoms with Crippen molar-refractivity contribution in [1.82, 2.24) is 4.72 Å². The van der Waals surface area contributed by atoms with Gasteiger partial charge in [0.1, 0.15) is 4.90 Å². The second-order valence-corrected chi connectivity index (χ2v) is 6.49. The van der Waals surface area contributed by atoms with Gasteiger partial charge in [0.15, 0.2) is 0 Å². The number of sulfonamides is 1. The molecule has 0 aliphatic carbocycles. The summed E-state index contributed by atoms with van der Waals surface area (Å²) in [5.74, 6) is 0.479. The van der Waals surface area contributed by atoms with Crippen LogP contribution in [-0.4, -0.2) is 21.5 Å². The fourth-order valence-electron chi connectivity index (χ4n) is 1.42. The zero-order chi connectivity index (χ0) is 13.9. The van der Waals surface area contributed by atoms with Crippen LogP contribution in [0.1, 0.15) is 20.8 Å².